The summed E-state index contributed by atoms with van der Waals surface area (Å²) in [5.41, 5.74) is 0.890. The Hall–Kier alpha value is -1.26. The number of rotatable bonds is 4. The molecule has 1 heterocycles. The molecule has 2 unspecified atom stereocenters. The minimum absolute atomic E-state index is 0.275. The smallest absolute Gasteiger partial charge is 0.161 e. The summed E-state index contributed by atoms with van der Waals surface area (Å²) in [5.74, 6) is 1.63. The maximum Gasteiger partial charge on any atom is 0.161 e. The summed E-state index contributed by atoms with van der Waals surface area (Å²) in [6, 6.07) is 5.60. The molecule has 0 aromatic heterocycles. The largest absolute Gasteiger partial charge is 0.493 e. The number of aliphatic hydroxyl groups excluding tert-OH is 1. The van der Waals surface area contributed by atoms with Crippen LogP contribution in [0, 0.1) is 5.92 Å². The summed E-state index contributed by atoms with van der Waals surface area (Å²) < 4.78 is 10.5. The number of benzene rings is 1. The highest BCUT2D eigenvalue weighted by atomic mass is 16.5. The van der Waals surface area contributed by atoms with Crippen LogP contribution in [0.3, 0.4) is 0 Å². The molecule has 100 valence electrons. The second-order valence-electron chi connectivity index (χ2n) is 4.67. The topological polar surface area (TPSA) is 50.7 Å². The Balaban J connectivity index is 2.16. The molecule has 2 N–H and O–H groups in total. The molecule has 0 saturated carbocycles. The molecule has 1 aliphatic heterocycles. The Kier molecular flexibility index (Phi) is 4.44. The second-order valence-corrected chi connectivity index (χ2v) is 4.67. The van der Waals surface area contributed by atoms with E-state index in [-0.39, 0.29) is 5.92 Å². The normalized spacial score (nSPS) is 21.4. The lowest BCUT2D eigenvalue weighted by Gasteiger charge is -2.27. The Labute approximate surface area is 108 Å². The molecule has 1 saturated heterocycles. The van der Waals surface area contributed by atoms with Gasteiger partial charge in [0, 0.05) is 12.5 Å². The van der Waals surface area contributed by atoms with Crippen molar-refractivity contribution < 1.29 is 14.6 Å². The lowest BCUT2D eigenvalue weighted by Crippen LogP contribution is -2.33. The number of methoxy groups -OCH3 is 2. The second kappa shape index (κ2) is 6.07. The van der Waals surface area contributed by atoms with Crippen LogP contribution < -0.4 is 14.8 Å². The van der Waals surface area contributed by atoms with Crippen molar-refractivity contribution in [3.8, 4) is 11.5 Å². The summed E-state index contributed by atoms with van der Waals surface area (Å²) in [6.07, 6.45) is 1.73. The zero-order chi connectivity index (χ0) is 13.0. The SMILES string of the molecule is COc1ccc(C(O)C2CCCNC2)cc1OC. The van der Waals surface area contributed by atoms with Crippen LogP contribution in [0.2, 0.25) is 0 Å². The average molecular weight is 251 g/mol. The van der Waals surface area contributed by atoms with E-state index in [2.05, 4.69) is 5.32 Å². The quantitative estimate of drug-likeness (QED) is 0.856. The van der Waals surface area contributed by atoms with Crippen LogP contribution in [0.4, 0.5) is 0 Å². The van der Waals surface area contributed by atoms with Crippen molar-refractivity contribution in [1.82, 2.24) is 5.32 Å². The first-order chi connectivity index (χ1) is 8.76. The summed E-state index contributed by atoms with van der Waals surface area (Å²) in [5, 5.41) is 13.7. The van der Waals surface area contributed by atoms with Gasteiger partial charge < -0.3 is 19.9 Å². The third-order valence-corrected chi connectivity index (χ3v) is 3.53. The lowest BCUT2D eigenvalue weighted by molar-refractivity contribution is 0.0919. The Morgan fingerprint density at radius 1 is 1.28 bits per heavy atom. The molecule has 2 rings (SSSR count). The van der Waals surface area contributed by atoms with E-state index >= 15 is 0 Å². The van der Waals surface area contributed by atoms with Crippen molar-refractivity contribution in [3.05, 3.63) is 23.8 Å². The third-order valence-electron chi connectivity index (χ3n) is 3.53. The number of aliphatic hydroxyl groups is 1. The van der Waals surface area contributed by atoms with E-state index < -0.39 is 6.10 Å². The number of hydrogen-bond acceptors (Lipinski definition) is 4. The highest BCUT2D eigenvalue weighted by molar-refractivity contribution is 5.43. The van der Waals surface area contributed by atoms with E-state index in [0.717, 1.165) is 31.5 Å². The monoisotopic (exact) mass is 251 g/mol. The summed E-state index contributed by atoms with van der Waals surface area (Å²) in [4.78, 5) is 0. The van der Waals surface area contributed by atoms with Gasteiger partial charge in [-0.2, -0.15) is 0 Å². The predicted molar refractivity (Wildman–Crippen MR) is 70.1 cm³/mol. The minimum atomic E-state index is -0.447. The van der Waals surface area contributed by atoms with Gasteiger partial charge in [-0.3, -0.25) is 0 Å². The molecular formula is C14H21NO3. The van der Waals surface area contributed by atoms with Crippen molar-refractivity contribution in [2.75, 3.05) is 27.3 Å². The van der Waals surface area contributed by atoms with Gasteiger partial charge in [0.05, 0.1) is 20.3 Å². The van der Waals surface area contributed by atoms with Gasteiger partial charge in [-0.25, -0.2) is 0 Å². The molecule has 1 fully saturated rings. The van der Waals surface area contributed by atoms with Crippen LogP contribution >= 0.6 is 0 Å². The molecule has 4 heteroatoms. The van der Waals surface area contributed by atoms with Crippen LogP contribution in [0.5, 0.6) is 11.5 Å². The fraction of sp³-hybridized carbons (Fsp3) is 0.571. The number of nitrogens with one attached hydrogen (secondary N) is 1. The van der Waals surface area contributed by atoms with E-state index in [1.165, 1.54) is 0 Å². The zero-order valence-electron chi connectivity index (χ0n) is 11.0. The summed E-state index contributed by atoms with van der Waals surface area (Å²) >= 11 is 0. The van der Waals surface area contributed by atoms with E-state index in [1.54, 1.807) is 14.2 Å². The van der Waals surface area contributed by atoms with Crippen LogP contribution in [0.25, 0.3) is 0 Å². The summed E-state index contributed by atoms with van der Waals surface area (Å²) in [7, 11) is 3.22. The summed E-state index contributed by atoms with van der Waals surface area (Å²) in [6.45, 7) is 1.92. The molecular weight excluding hydrogens is 230 g/mol. The minimum Gasteiger partial charge on any atom is -0.493 e. The van der Waals surface area contributed by atoms with E-state index in [4.69, 9.17) is 9.47 Å². The van der Waals surface area contributed by atoms with Crippen LogP contribution in [0.15, 0.2) is 18.2 Å². The van der Waals surface area contributed by atoms with Crippen molar-refractivity contribution in [2.45, 2.75) is 18.9 Å². The lowest BCUT2D eigenvalue weighted by atomic mass is 9.89. The first-order valence-electron chi connectivity index (χ1n) is 6.37. The first-order valence-corrected chi connectivity index (χ1v) is 6.37. The fourth-order valence-corrected chi connectivity index (χ4v) is 2.46. The number of hydrogen-bond donors (Lipinski definition) is 2. The van der Waals surface area contributed by atoms with Crippen LogP contribution in [-0.4, -0.2) is 32.4 Å². The molecule has 0 bridgehead atoms. The van der Waals surface area contributed by atoms with E-state index in [0.29, 0.717) is 11.5 Å². The van der Waals surface area contributed by atoms with Gasteiger partial charge in [0.2, 0.25) is 0 Å². The van der Waals surface area contributed by atoms with Gasteiger partial charge in [-0.05, 0) is 37.1 Å². The zero-order valence-corrected chi connectivity index (χ0v) is 11.0. The van der Waals surface area contributed by atoms with Crippen LogP contribution in [0.1, 0.15) is 24.5 Å². The van der Waals surface area contributed by atoms with Crippen molar-refractivity contribution in [2.24, 2.45) is 5.92 Å². The molecule has 2 atom stereocenters. The molecule has 0 spiro atoms. The molecule has 4 nitrogen and oxygen atoms in total. The molecule has 1 aromatic carbocycles. The van der Waals surface area contributed by atoms with Gasteiger partial charge in [0.1, 0.15) is 0 Å². The molecule has 0 aliphatic carbocycles. The standard InChI is InChI=1S/C14H21NO3/c1-17-12-6-5-10(8-13(12)18-2)14(16)11-4-3-7-15-9-11/h5-6,8,11,14-16H,3-4,7,9H2,1-2H3. The molecule has 1 aromatic rings. The fourth-order valence-electron chi connectivity index (χ4n) is 2.46. The third kappa shape index (κ3) is 2.76. The van der Waals surface area contributed by atoms with Crippen molar-refractivity contribution in [3.63, 3.8) is 0 Å². The molecule has 0 radical (unpaired) electrons. The maximum atomic E-state index is 10.4. The van der Waals surface area contributed by atoms with Gasteiger partial charge in [0.25, 0.3) is 0 Å². The first kappa shape index (κ1) is 13.2. The van der Waals surface area contributed by atoms with Crippen LogP contribution in [-0.2, 0) is 0 Å². The average Bonchev–Trinajstić information content (AvgIpc) is 2.46. The Bertz CT molecular complexity index is 389. The Morgan fingerprint density at radius 2 is 2.06 bits per heavy atom. The van der Waals surface area contributed by atoms with Gasteiger partial charge in [0.15, 0.2) is 11.5 Å². The molecule has 0 amide bonds. The number of piperidine rings is 1. The Morgan fingerprint density at radius 3 is 2.67 bits per heavy atom. The maximum absolute atomic E-state index is 10.4. The van der Waals surface area contributed by atoms with Crippen molar-refractivity contribution >= 4 is 0 Å². The van der Waals surface area contributed by atoms with Gasteiger partial charge in [-0.15, -0.1) is 0 Å². The molecule has 18 heavy (non-hydrogen) atoms. The predicted octanol–water partition coefficient (Wildman–Crippen LogP) is 1.74. The number of ether oxygens (including phenoxy) is 2. The van der Waals surface area contributed by atoms with Gasteiger partial charge in [-0.1, -0.05) is 6.07 Å². The van der Waals surface area contributed by atoms with E-state index in [9.17, 15) is 5.11 Å². The van der Waals surface area contributed by atoms with Crippen molar-refractivity contribution in [1.29, 1.82) is 0 Å². The highest BCUT2D eigenvalue weighted by Crippen LogP contribution is 2.33. The van der Waals surface area contributed by atoms with Gasteiger partial charge >= 0.3 is 0 Å². The van der Waals surface area contributed by atoms with E-state index in [1.807, 2.05) is 18.2 Å². The highest BCUT2D eigenvalue weighted by Gasteiger charge is 2.23. The molecule has 1 aliphatic rings.